The van der Waals surface area contributed by atoms with Crippen LogP contribution >= 0.6 is 0 Å². The second kappa shape index (κ2) is 4.83. The summed E-state index contributed by atoms with van der Waals surface area (Å²) in [5.74, 6) is 0.744. The minimum absolute atomic E-state index is 0.197. The van der Waals surface area contributed by atoms with E-state index in [-0.39, 0.29) is 12.3 Å². The Bertz CT molecular complexity index is 376. The van der Waals surface area contributed by atoms with Crippen molar-refractivity contribution < 1.29 is 18.7 Å². The van der Waals surface area contributed by atoms with Crippen LogP contribution in [-0.4, -0.2) is 18.0 Å². The Labute approximate surface area is 93.8 Å². The number of hydrogen-bond donors (Lipinski definition) is 1. The van der Waals surface area contributed by atoms with Crippen LogP contribution < -0.4 is 5.32 Å². The van der Waals surface area contributed by atoms with Gasteiger partial charge in [-0.05, 0) is 32.9 Å². The molecule has 1 amide bonds. The Morgan fingerprint density at radius 3 is 2.69 bits per heavy atom. The first-order chi connectivity index (χ1) is 7.40. The highest BCUT2D eigenvalue weighted by Crippen LogP contribution is 2.08. The van der Waals surface area contributed by atoms with Crippen molar-refractivity contribution in [1.82, 2.24) is 5.32 Å². The molecule has 0 aliphatic carbocycles. The molecule has 1 rings (SSSR count). The summed E-state index contributed by atoms with van der Waals surface area (Å²) in [6, 6.07) is 3.17. The van der Waals surface area contributed by atoms with Crippen LogP contribution in [-0.2, 0) is 11.3 Å². The third-order valence-electron chi connectivity index (χ3n) is 1.60. The molecule has 0 aliphatic heterocycles. The van der Waals surface area contributed by atoms with Crippen molar-refractivity contribution >= 4 is 12.4 Å². The number of carbonyl (C=O) groups is 2. The van der Waals surface area contributed by atoms with Gasteiger partial charge in [0.2, 0.25) is 0 Å². The van der Waals surface area contributed by atoms with Crippen LogP contribution in [0.1, 0.15) is 37.1 Å². The minimum Gasteiger partial charge on any atom is -0.456 e. The molecule has 0 aromatic carbocycles. The Kier molecular flexibility index (Phi) is 3.71. The summed E-state index contributed by atoms with van der Waals surface area (Å²) in [5.41, 5.74) is -0.527. The number of carbonyl (C=O) groups excluding carboxylic acids is 2. The molecule has 0 fully saturated rings. The lowest BCUT2D eigenvalue weighted by Crippen LogP contribution is -2.32. The van der Waals surface area contributed by atoms with E-state index in [0.29, 0.717) is 12.0 Å². The molecule has 0 saturated heterocycles. The normalized spacial score (nSPS) is 10.9. The minimum atomic E-state index is -0.527. The lowest BCUT2D eigenvalue weighted by molar-refractivity contribution is 0.0520. The number of amides is 1. The molecule has 0 atom stereocenters. The van der Waals surface area contributed by atoms with Gasteiger partial charge in [0.25, 0.3) is 0 Å². The van der Waals surface area contributed by atoms with E-state index in [9.17, 15) is 9.59 Å². The summed E-state index contributed by atoms with van der Waals surface area (Å²) in [4.78, 5) is 21.6. The molecule has 88 valence electrons. The molecule has 1 aromatic heterocycles. The second-order valence-electron chi connectivity index (χ2n) is 4.28. The fourth-order valence-corrected chi connectivity index (χ4v) is 1.03. The maximum Gasteiger partial charge on any atom is 0.408 e. The van der Waals surface area contributed by atoms with E-state index in [1.165, 1.54) is 0 Å². The maximum absolute atomic E-state index is 11.3. The van der Waals surface area contributed by atoms with Crippen molar-refractivity contribution in [2.75, 3.05) is 0 Å². The number of furan rings is 1. The summed E-state index contributed by atoms with van der Waals surface area (Å²) in [6.45, 7) is 5.54. The van der Waals surface area contributed by atoms with Crippen LogP contribution in [0.2, 0.25) is 0 Å². The molecule has 0 bridgehead atoms. The smallest absolute Gasteiger partial charge is 0.408 e. The fraction of sp³-hybridized carbons (Fsp3) is 0.455. The summed E-state index contributed by atoms with van der Waals surface area (Å²) >= 11 is 0. The number of rotatable bonds is 3. The predicted molar refractivity (Wildman–Crippen MR) is 57.2 cm³/mol. The third-order valence-corrected chi connectivity index (χ3v) is 1.60. The summed E-state index contributed by atoms with van der Waals surface area (Å²) in [5, 5.41) is 2.52. The number of aldehydes is 1. The van der Waals surface area contributed by atoms with Crippen molar-refractivity contribution in [2.24, 2.45) is 0 Å². The van der Waals surface area contributed by atoms with Crippen LogP contribution in [0.3, 0.4) is 0 Å². The quantitative estimate of drug-likeness (QED) is 0.800. The number of ether oxygens (including phenoxy) is 1. The number of nitrogens with one attached hydrogen (secondary N) is 1. The van der Waals surface area contributed by atoms with Gasteiger partial charge in [-0.3, -0.25) is 4.79 Å². The molecule has 1 N–H and O–H groups in total. The van der Waals surface area contributed by atoms with E-state index in [2.05, 4.69) is 5.32 Å². The van der Waals surface area contributed by atoms with E-state index >= 15 is 0 Å². The Balaban J connectivity index is 2.40. The van der Waals surface area contributed by atoms with E-state index in [1.54, 1.807) is 32.9 Å². The molecule has 0 unspecified atom stereocenters. The standard InChI is InChI=1S/C11H15NO4/c1-11(2,3)16-10(14)12-6-8-4-5-9(7-13)15-8/h4-5,7H,6H2,1-3H3,(H,12,14). The molecule has 0 spiro atoms. The van der Waals surface area contributed by atoms with Crippen molar-refractivity contribution in [1.29, 1.82) is 0 Å². The van der Waals surface area contributed by atoms with Gasteiger partial charge in [0.05, 0.1) is 6.54 Å². The zero-order chi connectivity index (χ0) is 12.2. The summed E-state index contributed by atoms with van der Waals surface area (Å²) in [7, 11) is 0. The average molecular weight is 225 g/mol. The first-order valence-electron chi connectivity index (χ1n) is 4.91. The first kappa shape index (κ1) is 12.3. The average Bonchev–Trinajstić information content (AvgIpc) is 2.59. The van der Waals surface area contributed by atoms with Crippen molar-refractivity contribution in [3.8, 4) is 0 Å². The molecule has 1 heterocycles. The van der Waals surface area contributed by atoms with Crippen LogP contribution in [0.15, 0.2) is 16.5 Å². The first-order valence-corrected chi connectivity index (χ1v) is 4.91. The predicted octanol–water partition coefficient (Wildman–Crippen LogP) is 2.12. The number of alkyl carbamates (subject to hydrolysis) is 1. The molecular formula is C11H15NO4. The van der Waals surface area contributed by atoms with Gasteiger partial charge in [-0.2, -0.15) is 0 Å². The zero-order valence-electron chi connectivity index (χ0n) is 9.57. The largest absolute Gasteiger partial charge is 0.456 e. The van der Waals surface area contributed by atoms with Gasteiger partial charge in [-0.15, -0.1) is 0 Å². The van der Waals surface area contributed by atoms with Crippen molar-refractivity contribution in [3.63, 3.8) is 0 Å². The Hall–Kier alpha value is -1.78. The summed E-state index contributed by atoms with van der Waals surface area (Å²) < 4.78 is 10.1. The van der Waals surface area contributed by atoms with Crippen molar-refractivity contribution in [2.45, 2.75) is 32.9 Å². The van der Waals surface area contributed by atoms with E-state index < -0.39 is 11.7 Å². The maximum atomic E-state index is 11.3. The van der Waals surface area contributed by atoms with Gasteiger partial charge in [0.1, 0.15) is 11.4 Å². The number of hydrogen-bond acceptors (Lipinski definition) is 4. The molecule has 16 heavy (non-hydrogen) atoms. The van der Waals surface area contributed by atoms with Crippen LogP contribution in [0.4, 0.5) is 4.79 Å². The van der Waals surface area contributed by atoms with E-state index in [0.717, 1.165) is 0 Å². The van der Waals surface area contributed by atoms with E-state index in [4.69, 9.17) is 9.15 Å². The second-order valence-corrected chi connectivity index (χ2v) is 4.28. The van der Waals surface area contributed by atoms with Gasteiger partial charge in [-0.25, -0.2) is 4.79 Å². The lowest BCUT2D eigenvalue weighted by Gasteiger charge is -2.19. The van der Waals surface area contributed by atoms with Crippen LogP contribution in [0.25, 0.3) is 0 Å². The van der Waals surface area contributed by atoms with Gasteiger partial charge >= 0.3 is 6.09 Å². The van der Waals surface area contributed by atoms with E-state index in [1.807, 2.05) is 0 Å². The van der Waals surface area contributed by atoms with Crippen LogP contribution in [0, 0.1) is 0 Å². The van der Waals surface area contributed by atoms with Gasteiger partial charge in [0, 0.05) is 0 Å². The highest BCUT2D eigenvalue weighted by atomic mass is 16.6. The highest BCUT2D eigenvalue weighted by Gasteiger charge is 2.15. The molecule has 0 radical (unpaired) electrons. The Morgan fingerprint density at radius 1 is 1.50 bits per heavy atom. The Morgan fingerprint density at radius 2 is 2.19 bits per heavy atom. The lowest BCUT2D eigenvalue weighted by atomic mass is 10.2. The van der Waals surface area contributed by atoms with Crippen molar-refractivity contribution in [3.05, 3.63) is 23.7 Å². The molecule has 1 aromatic rings. The summed E-state index contributed by atoms with van der Waals surface area (Å²) in [6.07, 6.45) is 0.0910. The fourth-order valence-electron chi connectivity index (χ4n) is 1.03. The third kappa shape index (κ3) is 4.16. The SMILES string of the molecule is CC(C)(C)OC(=O)NCc1ccc(C=O)o1. The molecule has 5 heteroatoms. The highest BCUT2D eigenvalue weighted by molar-refractivity contribution is 5.70. The van der Waals surface area contributed by atoms with Gasteiger partial charge < -0.3 is 14.5 Å². The molecule has 0 aliphatic rings. The molecule has 0 saturated carbocycles. The zero-order valence-corrected chi connectivity index (χ0v) is 9.57. The van der Waals surface area contributed by atoms with Gasteiger partial charge in [-0.1, -0.05) is 0 Å². The molecular weight excluding hydrogens is 210 g/mol. The monoisotopic (exact) mass is 225 g/mol. The van der Waals surface area contributed by atoms with Gasteiger partial charge in [0.15, 0.2) is 12.0 Å². The topological polar surface area (TPSA) is 68.5 Å². The molecule has 5 nitrogen and oxygen atoms in total. The van der Waals surface area contributed by atoms with Crippen LogP contribution in [0.5, 0.6) is 0 Å².